The van der Waals surface area contributed by atoms with Crippen LogP contribution in [0.15, 0.2) is 0 Å². The van der Waals surface area contributed by atoms with Gasteiger partial charge in [0.1, 0.15) is 0 Å². The van der Waals surface area contributed by atoms with Crippen LogP contribution in [0.1, 0.15) is 32.6 Å². The van der Waals surface area contributed by atoms with Crippen molar-refractivity contribution in [1.29, 1.82) is 0 Å². The van der Waals surface area contributed by atoms with Crippen molar-refractivity contribution in [1.82, 2.24) is 4.90 Å². The molecule has 3 nitrogen and oxygen atoms in total. The molecule has 2 aliphatic heterocycles. The van der Waals surface area contributed by atoms with E-state index in [2.05, 4.69) is 11.8 Å². The van der Waals surface area contributed by atoms with E-state index in [0.29, 0.717) is 28.6 Å². The van der Waals surface area contributed by atoms with E-state index in [1.807, 2.05) is 11.8 Å². The summed E-state index contributed by atoms with van der Waals surface area (Å²) in [5.41, 5.74) is 0. The lowest BCUT2D eigenvalue weighted by Crippen LogP contribution is -2.61. The maximum Gasteiger partial charge on any atom is 0.226 e. The number of ether oxygens (including phenoxy) is 1. The van der Waals surface area contributed by atoms with Crippen molar-refractivity contribution in [3.63, 3.8) is 0 Å². The number of carbonyl (C=O) groups excluding carboxylic acids is 1. The molecule has 0 aromatic rings. The van der Waals surface area contributed by atoms with Gasteiger partial charge in [-0.05, 0) is 37.5 Å². The fourth-order valence-corrected chi connectivity index (χ4v) is 4.94. The van der Waals surface area contributed by atoms with Crippen LogP contribution in [0.25, 0.3) is 0 Å². The van der Waals surface area contributed by atoms with Crippen LogP contribution < -0.4 is 0 Å². The van der Waals surface area contributed by atoms with Gasteiger partial charge in [0, 0.05) is 31.4 Å². The molecule has 0 unspecified atom stereocenters. The van der Waals surface area contributed by atoms with E-state index < -0.39 is 0 Å². The lowest BCUT2D eigenvalue weighted by atomic mass is 9.92. The fraction of sp³-hybridized carbons (Fsp3) is 0.933. The predicted molar refractivity (Wildman–Crippen MR) is 76.1 cm³/mol. The molecule has 19 heavy (non-hydrogen) atoms. The highest BCUT2D eigenvalue weighted by Gasteiger charge is 2.53. The van der Waals surface area contributed by atoms with Crippen molar-refractivity contribution >= 4 is 17.7 Å². The second-order valence-corrected chi connectivity index (χ2v) is 8.60. The Balaban J connectivity index is 1.24. The maximum absolute atomic E-state index is 12.1. The highest BCUT2D eigenvalue weighted by molar-refractivity contribution is 8.01. The van der Waals surface area contributed by atoms with Crippen LogP contribution in [0.4, 0.5) is 0 Å². The van der Waals surface area contributed by atoms with Gasteiger partial charge in [-0.25, -0.2) is 0 Å². The molecule has 4 heteroatoms. The number of rotatable bonds is 4. The van der Waals surface area contributed by atoms with Gasteiger partial charge in [0.25, 0.3) is 0 Å². The van der Waals surface area contributed by atoms with Crippen molar-refractivity contribution in [2.24, 2.45) is 17.8 Å². The third-order valence-corrected chi connectivity index (χ3v) is 6.71. The van der Waals surface area contributed by atoms with Gasteiger partial charge in [0.05, 0.1) is 10.9 Å². The number of amides is 1. The molecule has 106 valence electrons. The summed E-state index contributed by atoms with van der Waals surface area (Å²) in [6.07, 6.45) is 5.46. The summed E-state index contributed by atoms with van der Waals surface area (Å²) in [5.74, 6) is 3.40. The first kappa shape index (κ1) is 12.5. The number of nitrogens with zero attached hydrogens (tertiary/aromatic N) is 1. The summed E-state index contributed by atoms with van der Waals surface area (Å²) < 4.78 is 6.36. The van der Waals surface area contributed by atoms with Gasteiger partial charge in [-0.3, -0.25) is 4.79 Å². The van der Waals surface area contributed by atoms with Gasteiger partial charge in [-0.2, -0.15) is 0 Å². The highest BCUT2D eigenvalue weighted by atomic mass is 32.2. The zero-order valence-corrected chi connectivity index (χ0v) is 12.5. The monoisotopic (exact) mass is 281 g/mol. The molecule has 1 spiro atoms. The minimum atomic E-state index is 0.349. The van der Waals surface area contributed by atoms with E-state index in [4.69, 9.17) is 4.74 Å². The van der Waals surface area contributed by atoms with Gasteiger partial charge in [-0.1, -0.05) is 6.92 Å². The maximum atomic E-state index is 12.1. The molecule has 0 radical (unpaired) electrons. The molecule has 4 rings (SSSR count). The minimum absolute atomic E-state index is 0.349. The summed E-state index contributed by atoms with van der Waals surface area (Å²) in [4.78, 5) is 14.2. The van der Waals surface area contributed by atoms with Gasteiger partial charge in [0.15, 0.2) is 0 Å². The van der Waals surface area contributed by atoms with Crippen LogP contribution in [-0.2, 0) is 9.53 Å². The van der Waals surface area contributed by atoms with Crippen LogP contribution in [0.2, 0.25) is 0 Å². The van der Waals surface area contributed by atoms with Gasteiger partial charge in [-0.15, -0.1) is 11.8 Å². The Morgan fingerprint density at radius 1 is 1.42 bits per heavy atom. The summed E-state index contributed by atoms with van der Waals surface area (Å²) in [6.45, 7) is 5.11. The topological polar surface area (TPSA) is 29.5 Å². The van der Waals surface area contributed by atoms with E-state index in [-0.39, 0.29) is 0 Å². The smallest absolute Gasteiger partial charge is 0.226 e. The molecule has 4 fully saturated rings. The Morgan fingerprint density at radius 3 is 2.79 bits per heavy atom. The SMILES string of the molecule is C[C@@H]1C[C@H]1C(=O)N1CC2(C[C@@H](OCC3CC3)CS2)C1. The first-order valence-electron chi connectivity index (χ1n) is 7.70. The van der Waals surface area contributed by atoms with E-state index >= 15 is 0 Å². The number of carbonyl (C=O) groups is 1. The zero-order valence-electron chi connectivity index (χ0n) is 11.6. The third kappa shape index (κ3) is 2.42. The Bertz CT molecular complexity index is 390. The standard InChI is InChI=1S/C15H23NO2S/c1-10-4-13(10)14(17)16-8-15(9-16)5-12(7-19-15)18-6-11-2-3-11/h10-13H,2-9H2,1H3/t10-,12-,13-/m1/s1. The largest absolute Gasteiger partial charge is 0.377 e. The molecule has 2 saturated carbocycles. The van der Waals surface area contributed by atoms with Crippen LogP contribution in [-0.4, -0.2) is 47.1 Å². The summed E-state index contributed by atoms with van der Waals surface area (Å²) in [6, 6.07) is 0. The van der Waals surface area contributed by atoms with E-state index in [1.165, 1.54) is 12.8 Å². The summed E-state index contributed by atoms with van der Waals surface area (Å²) >= 11 is 2.05. The van der Waals surface area contributed by atoms with Crippen molar-refractivity contribution < 1.29 is 9.53 Å². The second-order valence-electron chi connectivity index (χ2n) is 7.11. The van der Waals surface area contributed by atoms with Crippen molar-refractivity contribution in [3.05, 3.63) is 0 Å². The van der Waals surface area contributed by atoms with Crippen LogP contribution in [0, 0.1) is 17.8 Å². The fourth-order valence-electron chi connectivity index (χ4n) is 3.39. The van der Waals surface area contributed by atoms with E-state index in [1.54, 1.807) is 0 Å². The molecule has 3 atom stereocenters. The van der Waals surface area contributed by atoms with Crippen molar-refractivity contribution in [3.8, 4) is 0 Å². The first-order chi connectivity index (χ1) is 9.15. The number of likely N-dealkylation sites (tertiary alicyclic amines) is 1. The third-order valence-electron chi connectivity index (χ3n) is 5.14. The lowest BCUT2D eigenvalue weighted by Gasteiger charge is -2.47. The number of thioether (sulfide) groups is 1. The predicted octanol–water partition coefficient (Wildman–Crippen LogP) is 2.16. The van der Waals surface area contributed by atoms with Crippen LogP contribution >= 0.6 is 11.8 Å². The first-order valence-corrected chi connectivity index (χ1v) is 8.68. The highest BCUT2D eigenvalue weighted by Crippen LogP contribution is 2.49. The Morgan fingerprint density at radius 2 is 2.16 bits per heavy atom. The van der Waals surface area contributed by atoms with Gasteiger partial charge >= 0.3 is 0 Å². The van der Waals surface area contributed by atoms with Crippen molar-refractivity contribution in [2.75, 3.05) is 25.4 Å². The van der Waals surface area contributed by atoms with Crippen LogP contribution in [0.5, 0.6) is 0 Å². The molecule has 0 aromatic heterocycles. The average Bonchev–Trinajstić information content (AvgIpc) is 3.25. The molecular weight excluding hydrogens is 258 g/mol. The molecule has 0 aromatic carbocycles. The second kappa shape index (κ2) is 4.39. The van der Waals surface area contributed by atoms with Crippen molar-refractivity contribution in [2.45, 2.75) is 43.5 Å². The lowest BCUT2D eigenvalue weighted by molar-refractivity contribution is -0.138. The van der Waals surface area contributed by atoms with E-state index in [0.717, 1.165) is 44.2 Å². The number of hydrogen-bond acceptors (Lipinski definition) is 3. The average molecular weight is 281 g/mol. The zero-order chi connectivity index (χ0) is 13.0. The molecule has 1 amide bonds. The van der Waals surface area contributed by atoms with Gasteiger partial charge in [0.2, 0.25) is 5.91 Å². The Labute approximate surface area is 119 Å². The molecule has 0 N–H and O–H groups in total. The summed E-state index contributed by atoms with van der Waals surface area (Å²) in [5, 5.41) is 0. The Hall–Kier alpha value is -0.220. The van der Waals surface area contributed by atoms with E-state index in [9.17, 15) is 4.79 Å². The Kier molecular flexibility index (Phi) is 2.89. The summed E-state index contributed by atoms with van der Waals surface area (Å²) in [7, 11) is 0. The van der Waals surface area contributed by atoms with Crippen LogP contribution in [0.3, 0.4) is 0 Å². The normalized spacial score (nSPS) is 39.4. The molecular formula is C15H23NO2S. The van der Waals surface area contributed by atoms with Gasteiger partial charge < -0.3 is 9.64 Å². The number of hydrogen-bond donors (Lipinski definition) is 0. The molecule has 2 aliphatic carbocycles. The minimum Gasteiger partial charge on any atom is -0.377 e. The quantitative estimate of drug-likeness (QED) is 0.791. The molecule has 0 bridgehead atoms. The molecule has 4 aliphatic rings. The molecule has 2 saturated heterocycles. The molecule has 2 heterocycles.